The lowest BCUT2D eigenvalue weighted by atomic mass is 10.1. The summed E-state index contributed by atoms with van der Waals surface area (Å²) in [6.45, 7) is 3.81. The number of nitrogens with one attached hydrogen (secondary N) is 1. The van der Waals surface area contributed by atoms with Gasteiger partial charge in [0.25, 0.3) is 0 Å². The molecule has 2 amide bonds. The molecular weight excluding hydrogens is 469 g/mol. The molecule has 0 radical (unpaired) electrons. The van der Waals surface area contributed by atoms with Crippen LogP contribution in [0.3, 0.4) is 0 Å². The summed E-state index contributed by atoms with van der Waals surface area (Å²) in [4.78, 5) is 14.2. The standard InChI is InChI=1S/C24H23F3N2O4S/c1-3-16(2)29(24(30)28-19-9-12-22(26)23(27)14-19)15-17-5-4-6-20(13-17)33-34(31,32)21-10-7-18(25)8-11-21/h4-14,16H,3,15H2,1-2H3,(H,28,30). The first kappa shape index (κ1) is 25.1. The topological polar surface area (TPSA) is 75.7 Å². The largest absolute Gasteiger partial charge is 0.379 e. The van der Waals surface area contributed by atoms with E-state index in [0.717, 1.165) is 36.4 Å². The normalized spacial score (nSPS) is 12.1. The molecule has 0 saturated heterocycles. The lowest BCUT2D eigenvalue weighted by Crippen LogP contribution is -2.40. The lowest BCUT2D eigenvalue weighted by molar-refractivity contribution is 0.187. The number of benzene rings is 3. The second-order valence-electron chi connectivity index (χ2n) is 7.58. The number of hydrogen-bond donors (Lipinski definition) is 1. The van der Waals surface area contributed by atoms with Gasteiger partial charge >= 0.3 is 16.1 Å². The summed E-state index contributed by atoms with van der Waals surface area (Å²) in [5.74, 6) is -2.66. The molecule has 34 heavy (non-hydrogen) atoms. The summed E-state index contributed by atoms with van der Waals surface area (Å²) in [6.07, 6.45) is 0.611. The quantitative estimate of drug-likeness (QED) is 0.409. The number of rotatable bonds is 8. The maximum absolute atomic E-state index is 13.5. The predicted molar refractivity (Wildman–Crippen MR) is 121 cm³/mol. The van der Waals surface area contributed by atoms with Crippen LogP contribution in [0.2, 0.25) is 0 Å². The molecule has 6 nitrogen and oxygen atoms in total. The number of urea groups is 1. The van der Waals surface area contributed by atoms with E-state index in [-0.39, 0.29) is 28.9 Å². The van der Waals surface area contributed by atoms with Crippen molar-refractivity contribution in [2.75, 3.05) is 5.32 Å². The van der Waals surface area contributed by atoms with Gasteiger partial charge in [-0.05, 0) is 67.4 Å². The van der Waals surface area contributed by atoms with Gasteiger partial charge in [-0.3, -0.25) is 0 Å². The van der Waals surface area contributed by atoms with E-state index in [1.807, 2.05) is 13.8 Å². The Morgan fingerprint density at radius 1 is 1.00 bits per heavy atom. The van der Waals surface area contributed by atoms with Gasteiger partial charge in [-0.2, -0.15) is 8.42 Å². The Kier molecular flexibility index (Phi) is 7.83. The molecule has 1 atom stereocenters. The maximum atomic E-state index is 13.5. The van der Waals surface area contributed by atoms with Gasteiger partial charge in [0.05, 0.1) is 0 Å². The first-order chi connectivity index (χ1) is 16.1. The third-order valence-corrected chi connectivity index (χ3v) is 6.38. The SMILES string of the molecule is CCC(C)N(Cc1cccc(OS(=O)(=O)c2ccc(F)cc2)c1)C(=O)Nc1ccc(F)c(F)c1. The zero-order valence-corrected chi connectivity index (χ0v) is 19.3. The van der Waals surface area contributed by atoms with Crippen molar-refractivity contribution in [1.82, 2.24) is 4.90 Å². The van der Waals surface area contributed by atoms with Crippen LogP contribution in [0, 0.1) is 17.5 Å². The Morgan fingerprint density at radius 3 is 2.35 bits per heavy atom. The molecule has 0 bridgehead atoms. The number of carbonyl (C=O) groups is 1. The molecule has 0 aliphatic rings. The Hall–Kier alpha value is -3.53. The number of hydrogen-bond acceptors (Lipinski definition) is 4. The van der Waals surface area contributed by atoms with E-state index in [2.05, 4.69) is 5.32 Å². The molecular formula is C24H23F3N2O4S. The van der Waals surface area contributed by atoms with Crippen molar-refractivity contribution >= 4 is 21.8 Å². The van der Waals surface area contributed by atoms with Gasteiger partial charge in [0.2, 0.25) is 0 Å². The van der Waals surface area contributed by atoms with E-state index >= 15 is 0 Å². The zero-order chi connectivity index (χ0) is 24.9. The average molecular weight is 493 g/mol. The van der Waals surface area contributed by atoms with Gasteiger partial charge in [-0.15, -0.1) is 0 Å². The fraction of sp³-hybridized carbons (Fsp3) is 0.208. The van der Waals surface area contributed by atoms with Crippen LogP contribution in [0.5, 0.6) is 5.75 Å². The lowest BCUT2D eigenvalue weighted by Gasteiger charge is -2.29. The molecule has 0 saturated carbocycles. The van der Waals surface area contributed by atoms with Crippen molar-refractivity contribution in [3.8, 4) is 5.75 Å². The van der Waals surface area contributed by atoms with Crippen LogP contribution in [0.4, 0.5) is 23.7 Å². The fourth-order valence-electron chi connectivity index (χ4n) is 3.09. The fourth-order valence-corrected chi connectivity index (χ4v) is 4.01. The predicted octanol–water partition coefficient (Wildman–Crippen LogP) is 5.70. The molecule has 3 aromatic carbocycles. The van der Waals surface area contributed by atoms with Crippen LogP contribution in [-0.2, 0) is 16.7 Å². The summed E-state index contributed by atoms with van der Waals surface area (Å²) < 4.78 is 69.9. The van der Waals surface area contributed by atoms with Crippen LogP contribution < -0.4 is 9.50 Å². The van der Waals surface area contributed by atoms with Crippen LogP contribution in [-0.4, -0.2) is 25.4 Å². The van der Waals surface area contributed by atoms with Crippen LogP contribution >= 0.6 is 0 Å². The van der Waals surface area contributed by atoms with E-state index in [1.165, 1.54) is 23.1 Å². The van der Waals surface area contributed by atoms with Crippen LogP contribution in [0.15, 0.2) is 71.6 Å². The number of halogens is 3. The molecule has 180 valence electrons. The Morgan fingerprint density at radius 2 is 1.71 bits per heavy atom. The molecule has 3 aromatic rings. The van der Waals surface area contributed by atoms with Crippen molar-refractivity contribution in [1.29, 1.82) is 0 Å². The monoisotopic (exact) mass is 492 g/mol. The van der Waals surface area contributed by atoms with Gasteiger partial charge in [0.1, 0.15) is 16.5 Å². The number of anilines is 1. The Labute approximate surface area is 196 Å². The molecule has 3 rings (SSSR count). The molecule has 1 unspecified atom stereocenters. The van der Waals surface area contributed by atoms with E-state index in [0.29, 0.717) is 12.0 Å². The van der Waals surface area contributed by atoms with Gasteiger partial charge in [0.15, 0.2) is 11.6 Å². The minimum Gasteiger partial charge on any atom is -0.379 e. The third-order valence-electron chi connectivity index (χ3n) is 5.11. The van der Waals surface area contributed by atoms with Gasteiger partial charge in [-0.25, -0.2) is 18.0 Å². The highest BCUT2D eigenvalue weighted by atomic mass is 32.2. The Balaban J connectivity index is 1.78. The number of nitrogens with zero attached hydrogens (tertiary/aromatic N) is 1. The molecule has 0 heterocycles. The highest BCUT2D eigenvalue weighted by molar-refractivity contribution is 7.87. The molecule has 0 aromatic heterocycles. The van der Waals surface area contributed by atoms with Crippen molar-refractivity contribution in [2.45, 2.75) is 37.8 Å². The summed E-state index contributed by atoms with van der Waals surface area (Å²) in [6, 6.07) is 12.7. The van der Waals surface area contributed by atoms with Crippen molar-refractivity contribution in [3.63, 3.8) is 0 Å². The average Bonchev–Trinajstić information content (AvgIpc) is 2.79. The molecule has 0 aliphatic heterocycles. The van der Waals surface area contributed by atoms with Crippen LogP contribution in [0.25, 0.3) is 0 Å². The van der Waals surface area contributed by atoms with Crippen molar-refractivity contribution < 1.29 is 30.6 Å². The van der Waals surface area contributed by atoms with E-state index in [1.54, 1.807) is 12.1 Å². The Bertz CT molecular complexity index is 1270. The highest BCUT2D eigenvalue weighted by Crippen LogP contribution is 2.22. The van der Waals surface area contributed by atoms with E-state index < -0.39 is 33.6 Å². The molecule has 0 fully saturated rings. The van der Waals surface area contributed by atoms with E-state index in [4.69, 9.17) is 4.18 Å². The van der Waals surface area contributed by atoms with Crippen molar-refractivity contribution in [2.24, 2.45) is 0 Å². The van der Waals surface area contributed by atoms with Gasteiger partial charge < -0.3 is 14.4 Å². The smallest absolute Gasteiger partial charge is 0.339 e. The number of amides is 2. The third kappa shape index (κ3) is 6.28. The molecule has 10 heteroatoms. The van der Waals surface area contributed by atoms with E-state index in [9.17, 15) is 26.4 Å². The van der Waals surface area contributed by atoms with Gasteiger partial charge in [0, 0.05) is 24.3 Å². The minimum absolute atomic E-state index is 0.0203. The second-order valence-corrected chi connectivity index (χ2v) is 9.13. The molecule has 1 N–H and O–H groups in total. The second kappa shape index (κ2) is 10.6. The summed E-state index contributed by atoms with van der Waals surface area (Å²) in [7, 11) is -4.19. The highest BCUT2D eigenvalue weighted by Gasteiger charge is 2.21. The first-order valence-electron chi connectivity index (χ1n) is 10.4. The van der Waals surface area contributed by atoms with Crippen molar-refractivity contribution in [3.05, 3.63) is 89.7 Å². The van der Waals surface area contributed by atoms with Crippen LogP contribution in [0.1, 0.15) is 25.8 Å². The summed E-state index contributed by atoms with van der Waals surface area (Å²) in [5.41, 5.74) is 0.673. The summed E-state index contributed by atoms with van der Waals surface area (Å²) >= 11 is 0. The first-order valence-corrected chi connectivity index (χ1v) is 11.8. The molecule has 0 aliphatic carbocycles. The summed E-state index contributed by atoms with van der Waals surface area (Å²) in [5, 5.41) is 2.55. The maximum Gasteiger partial charge on any atom is 0.339 e. The number of carbonyl (C=O) groups excluding carboxylic acids is 1. The minimum atomic E-state index is -4.19. The van der Waals surface area contributed by atoms with Gasteiger partial charge in [-0.1, -0.05) is 19.1 Å². The zero-order valence-electron chi connectivity index (χ0n) is 18.5. The molecule has 0 spiro atoms.